The molecule has 0 fully saturated rings. The van der Waals surface area contributed by atoms with Crippen LogP contribution in [0.25, 0.3) is 11.1 Å². The Morgan fingerprint density at radius 1 is 1.11 bits per heavy atom. The van der Waals surface area contributed by atoms with Gasteiger partial charge >= 0.3 is 0 Å². The molecule has 0 bridgehead atoms. The van der Waals surface area contributed by atoms with Crippen molar-refractivity contribution in [1.82, 2.24) is 15.1 Å². The SMILES string of the molecule is COc1cccc(-c2ccc(C(=O)N(C)CCc3c(C)n[nH]c3C)cc2)c1. The number of carbonyl (C=O) groups is 1. The van der Waals surface area contributed by atoms with E-state index in [-0.39, 0.29) is 5.91 Å². The van der Waals surface area contributed by atoms with Gasteiger partial charge in [0.1, 0.15) is 5.75 Å². The number of aryl methyl sites for hydroxylation is 2. The number of nitrogens with one attached hydrogen (secondary N) is 1. The van der Waals surface area contributed by atoms with E-state index < -0.39 is 0 Å². The van der Waals surface area contributed by atoms with Gasteiger partial charge in [0.05, 0.1) is 12.8 Å². The molecule has 140 valence electrons. The molecule has 3 aromatic rings. The summed E-state index contributed by atoms with van der Waals surface area (Å²) in [6, 6.07) is 15.6. The van der Waals surface area contributed by atoms with E-state index in [0.717, 1.165) is 34.7 Å². The highest BCUT2D eigenvalue weighted by Gasteiger charge is 2.14. The van der Waals surface area contributed by atoms with Crippen LogP contribution in [0.5, 0.6) is 5.75 Å². The number of aromatic amines is 1. The molecule has 0 atom stereocenters. The Bertz CT molecular complexity index is 909. The monoisotopic (exact) mass is 363 g/mol. The molecule has 2 aromatic carbocycles. The number of hydrogen-bond donors (Lipinski definition) is 1. The molecule has 0 spiro atoms. The van der Waals surface area contributed by atoms with Crippen molar-refractivity contribution in [2.24, 2.45) is 0 Å². The van der Waals surface area contributed by atoms with Crippen molar-refractivity contribution in [3.8, 4) is 16.9 Å². The fraction of sp³-hybridized carbons (Fsp3) is 0.273. The number of amides is 1. The van der Waals surface area contributed by atoms with Crippen molar-refractivity contribution in [3.05, 3.63) is 71.0 Å². The lowest BCUT2D eigenvalue weighted by Gasteiger charge is -2.17. The van der Waals surface area contributed by atoms with Gasteiger partial charge in [-0.15, -0.1) is 0 Å². The number of ether oxygens (including phenoxy) is 1. The maximum Gasteiger partial charge on any atom is 0.253 e. The summed E-state index contributed by atoms with van der Waals surface area (Å²) in [7, 11) is 3.49. The van der Waals surface area contributed by atoms with Gasteiger partial charge in [0.25, 0.3) is 5.91 Å². The highest BCUT2D eigenvalue weighted by molar-refractivity contribution is 5.94. The van der Waals surface area contributed by atoms with Gasteiger partial charge in [0.2, 0.25) is 0 Å². The molecule has 0 saturated carbocycles. The van der Waals surface area contributed by atoms with Crippen molar-refractivity contribution in [2.75, 3.05) is 20.7 Å². The van der Waals surface area contributed by atoms with Gasteiger partial charge in [-0.3, -0.25) is 9.89 Å². The van der Waals surface area contributed by atoms with Crippen molar-refractivity contribution < 1.29 is 9.53 Å². The third kappa shape index (κ3) is 4.19. The Hall–Kier alpha value is -3.08. The second kappa shape index (κ2) is 8.08. The number of rotatable bonds is 6. The number of methoxy groups -OCH3 is 1. The first-order valence-corrected chi connectivity index (χ1v) is 9.00. The molecule has 27 heavy (non-hydrogen) atoms. The van der Waals surface area contributed by atoms with Crippen LogP contribution >= 0.6 is 0 Å². The number of likely N-dealkylation sites (N-methyl/N-ethyl adjacent to an activating group) is 1. The van der Waals surface area contributed by atoms with E-state index in [2.05, 4.69) is 10.2 Å². The van der Waals surface area contributed by atoms with Crippen LogP contribution in [-0.2, 0) is 6.42 Å². The highest BCUT2D eigenvalue weighted by Crippen LogP contribution is 2.24. The smallest absolute Gasteiger partial charge is 0.253 e. The van der Waals surface area contributed by atoms with E-state index in [1.165, 1.54) is 5.56 Å². The first-order valence-electron chi connectivity index (χ1n) is 9.00. The second-order valence-corrected chi connectivity index (χ2v) is 6.70. The van der Waals surface area contributed by atoms with Crippen molar-refractivity contribution in [2.45, 2.75) is 20.3 Å². The average Bonchev–Trinajstić information content (AvgIpc) is 3.03. The standard InChI is InChI=1S/C22H25N3O2/c1-15-21(16(2)24-23-15)12-13-25(3)22(26)18-10-8-17(9-11-18)19-6-5-7-20(14-19)27-4/h5-11,14H,12-13H2,1-4H3,(H,23,24). The zero-order chi connectivity index (χ0) is 19.4. The first-order chi connectivity index (χ1) is 13.0. The van der Waals surface area contributed by atoms with E-state index >= 15 is 0 Å². The fourth-order valence-corrected chi connectivity index (χ4v) is 3.15. The number of hydrogen-bond acceptors (Lipinski definition) is 3. The molecular weight excluding hydrogens is 338 g/mol. The third-order valence-corrected chi connectivity index (χ3v) is 4.86. The van der Waals surface area contributed by atoms with Crippen LogP contribution < -0.4 is 4.74 Å². The van der Waals surface area contributed by atoms with E-state index in [1.54, 1.807) is 12.0 Å². The van der Waals surface area contributed by atoms with Crippen molar-refractivity contribution in [3.63, 3.8) is 0 Å². The topological polar surface area (TPSA) is 58.2 Å². The first kappa shape index (κ1) is 18.7. The predicted octanol–water partition coefficient (Wildman–Crippen LogP) is 4.02. The van der Waals surface area contributed by atoms with Gasteiger partial charge in [-0.05, 0) is 61.2 Å². The lowest BCUT2D eigenvalue weighted by Crippen LogP contribution is -2.29. The molecule has 1 aromatic heterocycles. The molecule has 0 radical (unpaired) electrons. The summed E-state index contributed by atoms with van der Waals surface area (Å²) in [4.78, 5) is 14.5. The summed E-state index contributed by atoms with van der Waals surface area (Å²) < 4.78 is 5.28. The molecule has 0 saturated heterocycles. The summed E-state index contributed by atoms with van der Waals surface area (Å²) in [6.45, 7) is 4.64. The maximum atomic E-state index is 12.7. The Balaban J connectivity index is 1.67. The number of carbonyl (C=O) groups excluding carboxylic acids is 1. The summed E-state index contributed by atoms with van der Waals surface area (Å²) in [5, 5.41) is 7.20. The molecule has 5 nitrogen and oxygen atoms in total. The maximum absolute atomic E-state index is 12.7. The van der Waals surface area contributed by atoms with Gasteiger partial charge < -0.3 is 9.64 Å². The summed E-state index contributed by atoms with van der Waals surface area (Å²) in [6.07, 6.45) is 0.790. The fourth-order valence-electron chi connectivity index (χ4n) is 3.15. The van der Waals surface area contributed by atoms with Crippen LogP contribution in [0, 0.1) is 13.8 Å². The molecular formula is C22H25N3O2. The van der Waals surface area contributed by atoms with Gasteiger partial charge in [0, 0.05) is 24.8 Å². The quantitative estimate of drug-likeness (QED) is 0.720. The lowest BCUT2D eigenvalue weighted by molar-refractivity contribution is 0.0796. The second-order valence-electron chi connectivity index (χ2n) is 6.70. The molecule has 1 N–H and O–H groups in total. The molecule has 1 amide bonds. The zero-order valence-electron chi connectivity index (χ0n) is 16.2. The van der Waals surface area contributed by atoms with Crippen molar-refractivity contribution in [1.29, 1.82) is 0 Å². The van der Waals surface area contributed by atoms with Crippen LogP contribution in [0.1, 0.15) is 27.3 Å². The zero-order valence-corrected chi connectivity index (χ0v) is 16.2. The van der Waals surface area contributed by atoms with Gasteiger partial charge in [-0.1, -0.05) is 24.3 Å². The van der Waals surface area contributed by atoms with Crippen molar-refractivity contribution >= 4 is 5.91 Å². The summed E-state index contributed by atoms with van der Waals surface area (Å²) in [5.41, 5.74) is 6.05. The van der Waals surface area contributed by atoms with Gasteiger partial charge in [-0.2, -0.15) is 5.10 Å². The Labute approximate surface area is 160 Å². The molecule has 0 aliphatic carbocycles. The Kier molecular flexibility index (Phi) is 5.60. The number of aromatic nitrogens is 2. The summed E-state index contributed by atoms with van der Waals surface area (Å²) >= 11 is 0. The normalized spacial score (nSPS) is 10.7. The number of H-pyrrole nitrogens is 1. The predicted molar refractivity (Wildman–Crippen MR) is 107 cm³/mol. The van der Waals surface area contributed by atoms with Crippen LogP contribution in [0.3, 0.4) is 0 Å². The Morgan fingerprint density at radius 2 is 1.85 bits per heavy atom. The van der Waals surface area contributed by atoms with Crippen LogP contribution in [0.4, 0.5) is 0 Å². The minimum atomic E-state index is 0.0194. The molecule has 0 aliphatic rings. The lowest BCUT2D eigenvalue weighted by atomic mass is 10.0. The number of nitrogens with zero attached hydrogens (tertiary/aromatic N) is 2. The van der Waals surface area contributed by atoms with Crippen LogP contribution in [0.2, 0.25) is 0 Å². The van der Waals surface area contributed by atoms with E-state index in [4.69, 9.17) is 4.74 Å². The minimum absolute atomic E-state index is 0.0194. The number of benzene rings is 2. The molecule has 1 heterocycles. The van der Waals surface area contributed by atoms with Crippen LogP contribution in [0.15, 0.2) is 48.5 Å². The third-order valence-electron chi connectivity index (χ3n) is 4.86. The Morgan fingerprint density at radius 3 is 2.48 bits per heavy atom. The largest absolute Gasteiger partial charge is 0.497 e. The molecule has 0 unspecified atom stereocenters. The van der Waals surface area contributed by atoms with Gasteiger partial charge in [0.15, 0.2) is 0 Å². The van der Waals surface area contributed by atoms with Crippen LogP contribution in [-0.4, -0.2) is 41.7 Å². The van der Waals surface area contributed by atoms with Gasteiger partial charge in [-0.25, -0.2) is 0 Å². The van der Waals surface area contributed by atoms with E-state index in [0.29, 0.717) is 12.1 Å². The summed E-state index contributed by atoms with van der Waals surface area (Å²) in [5.74, 6) is 0.836. The highest BCUT2D eigenvalue weighted by atomic mass is 16.5. The molecule has 3 rings (SSSR count). The van der Waals surface area contributed by atoms with E-state index in [1.807, 2.05) is 69.4 Å². The molecule has 5 heteroatoms. The van der Waals surface area contributed by atoms with E-state index in [9.17, 15) is 4.79 Å². The minimum Gasteiger partial charge on any atom is -0.497 e. The average molecular weight is 363 g/mol. The molecule has 0 aliphatic heterocycles.